The van der Waals surface area contributed by atoms with Crippen LogP contribution in [-0.4, -0.2) is 150 Å². The molecule has 0 N–H and O–H groups in total. The third-order valence-electron chi connectivity index (χ3n) is 7.80. The summed E-state index contributed by atoms with van der Waals surface area (Å²) in [7, 11) is 7.63. The lowest BCUT2D eigenvalue weighted by Crippen LogP contribution is -2.46. The summed E-state index contributed by atoms with van der Waals surface area (Å²) in [6.07, 6.45) is 7.24. The van der Waals surface area contributed by atoms with E-state index in [2.05, 4.69) is 26.6 Å². The van der Waals surface area contributed by atoms with Crippen LogP contribution in [0.5, 0.6) is 0 Å². The monoisotopic (exact) mass is 586 g/mol. The summed E-state index contributed by atoms with van der Waals surface area (Å²) in [6.45, 7) is 7.04. The number of carbonyl (C=O) groups is 4. The fourth-order valence-corrected chi connectivity index (χ4v) is 4.99. The van der Waals surface area contributed by atoms with Crippen molar-refractivity contribution in [3.63, 3.8) is 0 Å². The summed E-state index contributed by atoms with van der Waals surface area (Å²) in [5.74, 6) is -1.05. The topological polar surface area (TPSA) is 118 Å². The van der Waals surface area contributed by atoms with E-state index in [-0.39, 0.29) is 49.6 Å². The molecular formula is C29H54N4O8. The third-order valence-corrected chi connectivity index (χ3v) is 7.80. The normalized spacial score (nSPS) is 14.1. The van der Waals surface area contributed by atoms with Crippen LogP contribution in [0, 0.1) is 0 Å². The smallest absolute Gasteiger partial charge is 0.306 e. The molecule has 12 heteroatoms. The van der Waals surface area contributed by atoms with Crippen molar-refractivity contribution in [2.75, 3.05) is 101 Å². The van der Waals surface area contributed by atoms with Gasteiger partial charge in [0, 0.05) is 71.5 Å². The van der Waals surface area contributed by atoms with E-state index in [4.69, 9.17) is 18.9 Å². The van der Waals surface area contributed by atoms with Crippen LogP contribution in [-0.2, 0) is 38.1 Å². The Balaban J connectivity index is 2.71. The molecule has 0 spiro atoms. The molecule has 0 radical (unpaired) electrons. The van der Waals surface area contributed by atoms with E-state index in [0.717, 1.165) is 39.3 Å². The predicted octanol–water partition coefficient (Wildman–Crippen LogP) is 1.41. The van der Waals surface area contributed by atoms with Crippen LogP contribution < -0.4 is 0 Å². The number of likely N-dealkylation sites (N-methyl/N-ethyl adjacent to an activating group) is 1. The zero-order chi connectivity index (χ0) is 30.5. The number of nitrogens with zero attached hydrogens (tertiary/aromatic N) is 4. The van der Waals surface area contributed by atoms with Gasteiger partial charge < -0.3 is 33.6 Å². The van der Waals surface area contributed by atoms with E-state index in [9.17, 15) is 19.2 Å². The van der Waals surface area contributed by atoms with Gasteiger partial charge in [0.1, 0.15) is 0 Å². The van der Waals surface area contributed by atoms with E-state index >= 15 is 0 Å². The van der Waals surface area contributed by atoms with Crippen molar-refractivity contribution in [2.45, 2.75) is 63.8 Å². The van der Waals surface area contributed by atoms with Crippen molar-refractivity contribution in [2.24, 2.45) is 0 Å². The number of rotatable bonds is 22. The maximum Gasteiger partial charge on any atom is 0.306 e. The fourth-order valence-electron chi connectivity index (χ4n) is 4.99. The molecule has 238 valence electrons. The van der Waals surface area contributed by atoms with Crippen LogP contribution in [0.25, 0.3) is 0 Å². The van der Waals surface area contributed by atoms with E-state index in [1.165, 1.54) is 60.5 Å². The van der Waals surface area contributed by atoms with E-state index < -0.39 is 0 Å². The Labute approximate surface area is 246 Å². The lowest BCUT2D eigenvalue weighted by atomic mass is 9.94. The second-order valence-corrected chi connectivity index (χ2v) is 10.6. The molecular weight excluding hydrogens is 532 g/mol. The van der Waals surface area contributed by atoms with Gasteiger partial charge in [-0.3, -0.25) is 24.1 Å². The van der Waals surface area contributed by atoms with Gasteiger partial charge in [-0.1, -0.05) is 19.3 Å². The Morgan fingerprint density at radius 3 is 1.24 bits per heavy atom. The molecule has 0 amide bonds. The van der Waals surface area contributed by atoms with Crippen LogP contribution in [0.4, 0.5) is 0 Å². The average molecular weight is 587 g/mol. The first kappa shape index (κ1) is 36.7. The maximum absolute atomic E-state index is 11.8. The zero-order valence-electron chi connectivity index (χ0n) is 26.1. The zero-order valence-corrected chi connectivity index (χ0v) is 26.1. The highest BCUT2D eigenvalue weighted by molar-refractivity contribution is 5.70. The molecule has 0 atom stereocenters. The number of hydrogen-bond donors (Lipinski definition) is 0. The molecule has 0 aromatic carbocycles. The van der Waals surface area contributed by atoms with Gasteiger partial charge in [0.25, 0.3) is 0 Å². The minimum Gasteiger partial charge on any atom is -0.469 e. The van der Waals surface area contributed by atoms with Gasteiger partial charge in [0.2, 0.25) is 0 Å². The molecule has 0 heterocycles. The van der Waals surface area contributed by atoms with Gasteiger partial charge in [0.05, 0.1) is 54.1 Å². The van der Waals surface area contributed by atoms with Gasteiger partial charge in [0.15, 0.2) is 0 Å². The second-order valence-electron chi connectivity index (χ2n) is 10.6. The number of ether oxygens (including phenoxy) is 4. The van der Waals surface area contributed by atoms with Crippen molar-refractivity contribution in [3.05, 3.63) is 0 Å². The van der Waals surface area contributed by atoms with E-state index in [0.29, 0.717) is 32.2 Å². The minimum atomic E-state index is -0.267. The van der Waals surface area contributed by atoms with Crippen LogP contribution in [0.1, 0.15) is 57.8 Å². The Morgan fingerprint density at radius 1 is 0.512 bits per heavy atom. The molecule has 0 bridgehead atoms. The standard InChI is InChI=1S/C29H54N4O8/c1-30(19-21-31(15-11-26(34)38-2)16-12-27(35)39-3)20-23-33(25-9-7-6-8-10-25)24-22-32(17-13-28(36)40-4)18-14-29(37)41-5/h25H,6-24H2,1-5H3. The van der Waals surface area contributed by atoms with Gasteiger partial charge >= 0.3 is 23.9 Å². The highest BCUT2D eigenvalue weighted by Crippen LogP contribution is 2.22. The second kappa shape index (κ2) is 22.3. The summed E-state index contributed by atoms with van der Waals surface area (Å²) in [4.78, 5) is 55.9. The summed E-state index contributed by atoms with van der Waals surface area (Å²) < 4.78 is 19.2. The first-order chi connectivity index (χ1) is 19.7. The van der Waals surface area contributed by atoms with Crippen LogP contribution in [0.3, 0.4) is 0 Å². The molecule has 1 aliphatic rings. The number of methoxy groups -OCH3 is 4. The fraction of sp³-hybridized carbons (Fsp3) is 0.862. The molecule has 0 aromatic rings. The number of esters is 4. The van der Waals surface area contributed by atoms with Crippen LogP contribution in [0.2, 0.25) is 0 Å². The van der Waals surface area contributed by atoms with Crippen molar-refractivity contribution in [3.8, 4) is 0 Å². The first-order valence-electron chi connectivity index (χ1n) is 14.9. The molecule has 0 aromatic heterocycles. The Hall–Kier alpha value is -2.28. The Morgan fingerprint density at radius 2 is 0.854 bits per heavy atom. The Bertz CT molecular complexity index is 723. The molecule has 41 heavy (non-hydrogen) atoms. The number of carbonyl (C=O) groups excluding carboxylic acids is 4. The van der Waals surface area contributed by atoms with E-state index in [1.54, 1.807) is 0 Å². The van der Waals surface area contributed by atoms with Gasteiger partial charge in [-0.15, -0.1) is 0 Å². The molecule has 1 aliphatic carbocycles. The summed E-state index contributed by atoms with van der Waals surface area (Å²) >= 11 is 0. The van der Waals surface area contributed by atoms with Gasteiger partial charge in [-0.25, -0.2) is 0 Å². The molecule has 0 unspecified atom stereocenters. The molecule has 1 rings (SSSR count). The lowest BCUT2D eigenvalue weighted by molar-refractivity contribution is -0.142. The van der Waals surface area contributed by atoms with Crippen molar-refractivity contribution in [1.29, 1.82) is 0 Å². The molecule has 0 saturated heterocycles. The van der Waals surface area contributed by atoms with Crippen molar-refractivity contribution < 1.29 is 38.1 Å². The third kappa shape index (κ3) is 17.3. The summed E-state index contributed by atoms with van der Waals surface area (Å²) in [6, 6.07) is 0.525. The predicted molar refractivity (Wildman–Crippen MR) is 155 cm³/mol. The summed E-state index contributed by atoms with van der Waals surface area (Å²) in [5.41, 5.74) is 0. The molecule has 1 fully saturated rings. The first-order valence-corrected chi connectivity index (χ1v) is 14.9. The van der Waals surface area contributed by atoms with E-state index in [1.807, 2.05) is 0 Å². The van der Waals surface area contributed by atoms with Gasteiger partial charge in [-0.05, 0) is 19.9 Å². The molecule has 0 aliphatic heterocycles. The average Bonchev–Trinajstić information content (AvgIpc) is 3.00. The molecule has 1 saturated carbocycles. The van der Waals surface area contributed by atoms with Crippen molar-refractivity contribution in [1.82, 2.24) is 19.6 Å². The SMILES string of the molecule is COC(=O)CCN(CCC(=O)OC)CCN(C)CCN(CCN(CCC(=O)OC)CCC(=O)OC)C1CCCCC1. The quantitative estimate of drug-likeness (QED) is 0.135. The van der Waals surface area contributed by atoms with Crippen LogP contribution in [0.15, 0.2) is 0 Å². The van der Waals surface area contributed by atoms with Crippen molar-refractivity contribution >= 4 is 23.9 Å². The number of hydrogen-bond acceptors (Lipinski definition) is 12. The van der Waals surface area contributed by atoms with Crippen LogP contribution >= 0.6 is 0 Å². The lowest BCUT2D eigenvalue weighted by Gasteiger charge is -2.37. The highest BCUT2D eigenvalue weighted by Gasteiger charge is 2.23. The largest absolute Gasteiger partial charge is 0.469 e. The highest BCUT2D eigenvalue weighted by atomic mass is 16.5. The Kier molecular flexibility index (Phi) is 20.0. The minimum absolute atomic E-state index is 0.258. The van der Waals surface area contributed by atoms with Gasteiger partial charge in [-0.2, -0.15) is 0 Å². The maximum atomic E-state index is 11.8. The molecule has 12 nitrogen and oxygen atoms in total. The summed E-state index contributed by atoms with van der Waals surface area (Å²) in [5, 5.41) is 0.